The third kappa shape index (κ3) is 5.64. The standard InChI is InChI=1S/C23H19ClN2O/c24-21-15-7-9-18(17-21)10-8-16-25-23(27)26-22(19-11-3-1-4-12-19)20-13-5-2-6-14-20/h1-7,9,11-15,17,22H,16H2,(H2,25,26,27). The Bertz CT molecular complexity index is 907. The Morgan fingerprint density at radius 1 is 0.889 bits per heavy atom. The van der Waals surface area contributed by atoms with Gasteiger partial charge in [0.05, 0.1) is 12.6 Å². The van der Waals surface area contributed by atoms with Gasteiger partial charge in [0, 0.05) is 10.6 Å². The lowest BCUT2D eigenvalue weighted by molar-refractivity contribution is 0.240. The van der Waals surface area contributed by atoms with Crippen LogP contribution in [0, 0.1) is 11.8 Å². The topological polar surface area (TPSA) is 41.1 Å². The summed E-state index contributed by atoms with van der Waals surface area (Å²) < 4.78 is 0. The van der Waals surface area contributed by atoms with Crippen LogP contribution in [0.15, 0.2) is 84.9 Å². The van der Waals surface area contributed by atoms with Gasteiger partial charge in [0.15, 0.2) is 0 Å². The lowest BCUT2D eigenvalue weighted by atomic mass is 9.99. The zero-order chi connectivity index (χ0) is 18.9. The summed E-state index contributed by atoms with van der Waals surface area (Å²) in [4.78, 5) is 12.4. The first kappa shape index (κ1) is 18.6. The van der Waals surface area contributed by atoms with Gasteiger partial charge in [-0.05, 0) is 29.3 Å². The summed E-state index contributed by atoms with van der Waals surface area (Å²) in [6.45, 7) is 0.245. The molecule has 3 aromatic carbocycles. The lowest BCUT2D eigenvalue weighted by Crippen LogP contribution is -2.38. The highest BCUT2D eigenvalue weighted by Gasteiger charge is 2.15. The number of hydrogen-bond acceptors (Lipinski definition) is 1. The van der Waals surface area contributed by atoms with Gasteiger partial charge in [-0.1, -0.05) is 90.2 Å². The maximum absolute atomic E-state index is 12.4. The minimum absolute atomic E-state index is 0.228. The molecule has 2 N–H and O–H groups in total. The zero-order valence-corrected chi connectivity index (χ0v) is 15.4. The van der Waals surface area contributed by atoms with Crippen molar-refractivity contribution in [1.29, 1.82) is 0 Å². The Kier molecular flexibility index (Phi) is 6.51. The van der Waals surface area contributed by atoms with Crippen LogP contribution < -0.4 is 10.6 Å². The number of hydrogen-bond donors (Lipinski definition) is 2. The summed E-state index contributed by atoms with van der Waals surface area (Å²) in [6, 6.07) is 26.5. The highest BCUT2D eigenvalue weighted by molar-refractivity contribution is 6.30. The molecule has 4 heteroatoms. The first-order chi connectivity index (χ1) is 13.2. The second-order valence-corrected chi connectivity index (χ2v) is 6.33. The third-order valence-corrected chi connectivity index (χ3v) is 4.17. The lowest BCUT2D eigenvalue weighted by Gasteiger charge is -2.19. The molecule has 3 rings (SSSR count). The molecule has 0 atom stereocenters. The summed E-state index contributed by atoms with van der Waals surface area (Å²) in [7, 11) is 0. The average molecular weight is 375 g/mol. The average Bonchev–Trinajstić information content (AvgIpc) is 2.71. The fraction of sp³-hybridized carbons (Fsp3) is 0.0870. The second kappa shape index (κ2) is 9.47. The van der Waals surface area contributed by atoms with E-state index in [1.165, 1.54) is 0 Å². The molecular formula is C23H19ClN2O. The fourth-order valence-electron chi connectivity index (χ4n) is 2.67. The Morgan fingerprint density at radius 2 is 1.52 bits per heavy atom. The summed E-state index contributed by atoms with van der Waals surface area (Å²) in [6.07, 6.45) is 0. The molecule has 0 heterocycles. The van der Waals surface area contributed by atoms with Gasteiger partial charge in [0.1, 0.15) is 0 Å². The molecule has 0 aliphatic rings. The molecule has 0 unspecified atom stereocenters. The van der Waals surface area contributed by atoms with Crippen molar-refractivity contribution in [1.82, 2.24) is 10.6 Å². The van der Waals surface area contributed by atoms with Crippen molar-refractivity contribution >= 4 is 17.6 Å². The number of benzene rings is 3. The maximum atomic E-state index is 12.4. The van der Waals surface area contributed by atoms with E-state index in [4.69, 9.17) is 11.6 Å². The number of urea groups is 1. The van der Waals surface area contributed by atoms with Crippen LogP contribution in [0.4, 0.5) is 4.79 Å². The maximum Gasteiger partial charge on any atom is 0.316 e. The van der Waals surface area contributed by atoms with Gasteiger partial charge in [-0.3, -0.25) is 0 Å². The molecule has 0 fully saturated rings. The van der Waals surface area contributed by atoms with E-state index in [-0.39, 0.29) is 18.6 Å². The smallest absolute Gasteiger partial charge is 0.316 e. The molecule has 0 radical (unpaired) electrons. The van der Waals surface area contributed by atoms with E-state index >= 15 is 0 Å². The summed E-state index contributed by atoms with van der Waals surface area (Å²) >= 11 is 5.93. The van der Waals surface area contributed by atoms with Crippen LogP contribution >= 0.6 is 11.6 Å². The van der Waals surface area contributed by atoms with Crippen LogP contribution in [0.1, 0.15) is 22.7 Å². The van der Waals surface area contributed by atoms with Crippen LogP contribution in [0.5, 0.6) is 0 Å². The number of halogens is 1. The van der Waals surface area contributed by atoms with Crippen molar-refractivity contribution in [3.05, 3.63) is 107 Å². The Hall–Kier alpha value is -3.22. The molecule has 134 valence electrons. The Balaban J connectivity index is 1.63. The van der Waals surface area contributed by atoms with Crippen LogP contribution in [0.25, 0.3) is 0 Å². The van der Waals surface area contributed by atoms with Gasteiger partial charge in [-0.15, -0.1) is 0 Å². The van der Waals surface area contributed by atoms with Crippen LogP contribution in [0.3, 0.4) is 0 Å². The molecule has 0 aliphatic heterocycles. The minimum Gasteiger partial charge on any atom is -0.327 e. The van der Waals surface area contributed by atoms with E-state index in [9.17, 15) is 4.79 Å². The first-order valence-electron chi connectivity index (χ1n) is 8.61. The minimum atomic E-state index is -0.270. The largest absolute Gasteiger partial charge is 0.327 e. The monoisotopic (exact) mass is 374 g/mol. The van der Waals surface area contributed by atoms with Crippen molar-refractivity contribution in [3.63, 3.8) is 0 Å². The molecular weight excluding hydrogens is 356 g/mol. The summed E-state index contributed by atoms with van der Waals surface area (Å²) in [5, 5.41) is 6.44. The predicted molar refractivity (Wildman–Crippen MR) is 110 cm³/mol. The molecule has 0 aliphatic carbocycles. The molecule has 27 heavy (non-hydrogen) atoms. The van der Waals surface area contributed by atoms with E-state index in [0.29, 0.717) is 5.02 Å². The summed E-state index contributed by atoms with van der Waals surface area (Å²) in [5.74, 6) is 5.91. The number of carbonyl (C=O) groups excluding carboxylic acids is 1. The molecule has 0 spiro atoms. The third-order valence-electron chi connectivity index (χ3n) is 3.94. The number of amides is 2. The molecule has 0 aromatic heterocycles. The van der Waals surface area contributed by atoms with Crippen molar-refractivity contribution in [2.75, 3.05) is 6.54 Å². The highest BCUT2D eigenvalue weighted by atomic mass is 35.5. The van der Waals surface area contributed by atoms with Gasteiger partial charge >= 0.3 is 6.03 Å². The van der Waals surface area contributed by atoms with Gasteiger partial charge in [-0.25, -0.2) is 4.79 Å². The quantitative estimate of drug-likeness (QED) is 0.634. The van der Waals surface area contributed by atoms with E-state index < -0.39 is 0 Å². The summed E-state index contributed by atoms with van der Waals surface area (Å²) in [5.41, 5.74) is 2.85. The molecule has 3 nitrogen and oxygen atoms in total. The van der Waals surface area contributed by atoms with Gasteiger partial charge < -0.3 is 10.6 Å². The molecule has 0 bridgehead atoms. The first-order valence-corrected chi connectivity index (χ1v) is 8.99. The van der Waals surface area contributed by atoms with Gasteiger partial charge in [0.2, 0.25) is 0 Å². The molecule has 0 saturated heterocycles. The molecule has 0 saturated carbocycles. The number of nitrogens with one attached hydrogen (secondary N) is 2. The normalized spacial score (nSPS) is 10.0. The highest BCUT2D eigenvalue weighted by Crippen LogP contribution is 2.21. The second-order valence-electron chi connectivity index (χ2n) is 5.89. The van der Waals surface area contributed by atoms with Crippen LogP contribution in [0.2, 0.25) is 5.02 Å². The van der Waals surface area contributed by atoms with Crippen LogP contribution in [-0.2, 0) is 0 Å². The molecule has 3 aromatic rings. The zero-order valence-electron chi connectivity index (χ0n) is 14.7. The Labute approximate surface area is 164 Å². The van der Waals surface area contributed by atoms with Crippen molar-refractivity contribution in [2.45, 2.75) is 6.04 Å². The number of rotatable bonds is 4. The fourth-order valence-corrected chi connectivity index (χ4v) is 2.86. The van der Waals surface area contributed by atoms with E-state index in [1.54, 1.807) is 12.1 Å². The van der Waals surface area contributed by atoms with E-state index in [0.717, 1.165) is 16.7 Å². The van der Waals surface area contributed by atoms with E-state index in [1.807, 2.05) is 72.8 Å². The number of carbonyl (C=O) groups is 1. The van der Waals surface area contributed by atoms with Crippen LogP contribution in [-0.4, -0.2) is 12.6 Å². The molecule has 2 amide bonds. The van der Waals surface area contributed by atoms with Gasteiger partial charge in [-0.2, -0.15) is 0 Å². The predicted octanol–water partition coefficient (Wildman–Crippen LogP) is 4.78. The van der Waals surface area contributed by atoms with Crippen molar-refractivity contribution in [3.8, 4) is 11.8 Å². The van der Waals surface area contributed by atoms with Crippen molar-refractivity contribution < 1.29 is 4.79 Å². The Morgan fingerprint density at radius 3 is 2.11 bits per heavy atom. The van der Waals surface area contributed by atoms with Gasteiger partial charge in [0.25, 0.3) is 0 Å². The SMILES string of the molecule is O=C(NCC#Cc1cccc(Cl)c1)NC(c1ccccc1)c1ccccc1. The van der Waals surface area contributed by atoms with E-state index in [2.05, 4.69) is 22.5 Å². The van der Waals surface area contributed by atoms with Crippen molar-refractivity contribution in [2.24, 2.45) is 0 Å².